The third kappa shape index (κ3) is 2.47. The minimum atomic E-state index is 0.377. The van der Waals surface area contributed by atoms with Gasteiger partial charge in [0, 0.05) is 6.42 Å². The molecule has 0 spiro atoms. The molecular weight excluding hydrogens is 148 g/mol. The van der Waals surface area contributed by atoms with E-state index in [2.05, 4.69) is 26.8 Å². The monoisotopic (exact) mass is 166 g/mol. The molecule has 1 unspecified atom stereocenters. The highest BCUT2D eigenvalue weighted by Crippen LogP contribution is 2.26. The maximum atomic E-state index is 11.4. The molecule has 0 heterocycles. The SMILES string of the molecule is CC(C)C=C1CC(C)CCC1=O. The van der Waals surface area contributed by atoms with Gasteiger partial charge in [0.2, 0.25) is 0 Å². The fourth-order valence-corrected chi connectivity index (χ4v) is 1.69. The van der Waals surface area contributed by atoms with E-state index < -0.39 is 0 Å². The van der Waals surface area contributed by atoms with E-state index in [1.54, 1.807) is 0 Å². The van der Waals surface area contributed by atoms with E-state index in [0.29, 0.717) is 17.6 Å². The van der Waals surface area contributed by atoms with E-state index in [0.717, 1.165) is 24.8 Å². The van der Waals surface area contributed by atoms with Crippen LogP contribution in [0.3, 0.4) is 0 Å². The van der Waals surface area contributed by atoms with Gasteiger partial charge < -0.3 is 0 Å². The number of carbonyl (C=O) groups excluding carboxylic acids is 1. The average Bonchev–Trinajstić information content (AvgIpc) is 1.96. The molecule has 1 saturated carbocycles. The Morgan fingerprint density at radius 1 is 1.50 bits per heavy atom. The van der Waals surface area contributed by atoms with Crippen LogP contribution >= 0.6 is 0 Å². The third-order valence-electron chi connectivity index (χ3n) is 2.33. The molecule has 0 aromatic carbocycles. The predicted molar refractivity (Wildman–Crippen MR) is 50.9 cm³/mol. The van der Waals surface area contributed by atoms with Crippen molar-refractivity contribution in [1.29, 1.82) is 0 Å². The summed E-state index contributed by atoms with van der Waals surface area (Å²) in [5.41, 5.74) is 1.07. The molecule has 1 aliphatic rings. The summed E-state index contributed by atoms with van der Waals surface area (Å²) in [7, 11) is 0. The highest BCUT2D eigenvalue weighted by atomic mass is 16.1. The van der Waals surface area contributed by atoms with Crippen molar-refractivity contribution in [1.82, 2.24) is 0 Å². The Kier molecular flexibility index (Phi) is 3.07. The van der Waals surface area contributed by atoms with E-state index in [4.69, 9.17) is 0 Å². The molecule has 68 valence electrons. The summed E-state index contributed by atoms with van der Waals surface area (Å²) < 4.78 is 0. The van der Waals surface area contributed by atoms with Gasteiger partial charge in [0.05, 0.1) is 0 Å². The van der Waals surface area contributed by atoms with Crippen molar-refractivity contribution in [3.05, 3.63) is 11.6 Å². The molecule has 1 rings (SSSR count). The number of ketones is 1. The van der Waals surface area contributed by atoms with Crippen LogP contribution in [0, 0.1) is 11.8 Å². The zero-order chi connectivity index (χ0) is 9.14. The van der Waals surface area contributed by atoms with Gasteiger partial charge in [-0.05, 0) is 30.3 Å². The van der Waals surface area contributed by atoms with Crippen LogP contribution in [0.25, 0.3) is 0 Å². The molecule has 1 heteroatoms. The highest BCUT2D eigenvalue weighted by Gasteiger charge is 2.19. The summed E-state index contributed by atoms with van der Waals surface area (Å²) in [6.45, 7) is 6.47. The van der Waals surface area contributed by atoms with Crippen molar-refractivity contribution in [3.8, 4) is 0 Å². The van der Waals surface area contributed by atoms with Gasteiger partial charge in [-0.1, -0.05) is 26.8 Å². The van der Waals surface area contributed by atoms with Crippen molar-refractivity contribution in [2.45, 2.75) is 40.0 Å². The average molecular weight is 166 g/mol. The molecule has 0 aliphatic heterocycles. The molecule has 0 bridgehead atoms. The van der Waals surface area contributed by atoms with E-state index in [1.807, 2.05) is 0 Å². The largest absolute Gasteiger partial charge is 0.295 e. The van der Waals surface area contributed by atoms with Gasteiger partial charge in [-0.3, -0.25) is 4.79 Å². The summed E-state index contributed by atoms with van der Waals surface area (Å²) in [6, 6.07) is 0. The standard InChI is InChI=1S/C11H18O/c1-8(2)6-10-7-9(3)4-5-11(10)12/h6,8-9H,4-5,7H2,1-3H3. The summed E-state index contributed by atoms with van der Waals surface area (Å²) in [5, 5.41) is 0. The number of carbonyl (C=O) groups is 1. The lowest BCUT2D eigenvalue weighted by atomic mass is 9.84. The Labute approximate surface area is 74.9 Å². The van der Waals surface area contributed by atoms with Gasteiger partial charge in [0.1, 0.15) is 0 Å². The van der Waals surface area contributed by atoms with Crippen molar-refractivity contribution in [3.63, 3.8) is 0 Å². The van der Waals surface area contributed by atoms with Gasteiger partial charge in [-0.25, -0.2) is 0 Å². The van der Waals surface area contributed by atoms with Gasteiger partial charge >= 0.3 is 0 Å². The van der Waals surface area contributed by atoms with Crippen LogP contribution in [0.1, 0.15) is 40.0 Å². The summed E-state index contributed by atoms with van der Waals surface area (Å²) >= 11 is 0. The van der Waals surface area contributed by atoms with Crippen LogP contribution in [0.2, 0.25) is 0 Å². The molecule has 1 atom stereocenters. The Hall–Kier alpha value is -0.590. The molecule has 12 heavy (non-hydrogen) atoms. The molecule has 1 aliphatic carbocycles. The Balaban J connectivity index is 2.67. The minimum Gasteiger partial charge on any atom is -0.295 e. The molecule has 0 aromatic rings. The molecule has 1 nitrogen and oxygen atoms in total. The second-order valence-electron chi connectivity index (χ2n) is 4.21. The molecular formula is C11H18O. The van der Waals surface area contributed by atoms with Gasteiger partial charge in [0.25, 0.3) is 0 Å². The fourth-order valence-electron chi connectivity index (χ4n) is 1.69. The predicted octanol–water partition coefficient (Wildman–Crippen LogP) is 2.96. The number of hydrogen-bond acceptors (Lipinski definition) is 1. The number of Topliss-reactive ketones (excluding diaryl/α,β-unsaturated/α-hetero) is 1. The van der Waals surface area contributed by atoms with Gasteiger partial charge in [-0.2, -0.15) is 0 Å². The molecule has 0 aromatic heterocycles. The van der Waals surface area contributed by atoms with Gasteiger partial charge in [0.15, 0.2) is 5.78 Å². The van der Waals surface area contributed by atoms with Crippen LogP contribution < -0.4 is 0 Å². The first-order chi connectivity index (χ1) is 5.59. The smallest absolute Gasteiger partial charge is 0.158 e. The maximum Gasteiger partial charge on any atom is 0.158 e. The summed E-state index contributed by atoms with van der Waals surface area (Å²) in [6.07, 6.45) is 4.96. The Morgan fingerprint density at radius 3 is 2.75 bits per heavy atom. The lowest BCUT2D eigenvalue weighted by molar-refractivity contribution is -0.117. The van der Waals surface area contributed by atoms with Crippen molar-refractivity contribution >= 4 is 5.78 Å². The normalized spacial score (nSPS) is 28.5. The number of allylic oxidation sites excluding steroid dienone is 2. The molecule has 0 amide bonds. The van der Waals surface area contributed by atoms with Crippen LogP contribution in [-0.2, 0) is 4.79 Å². The molecule has 0 saturated heterocycles. The van der Waals surface area contributed by atoms with Crippen molar-refractivity contribution in [2.75, 3.05) is 0 Å². The van der Waals surface area contributed by atoms with Crippen molar-refractivity contribution in [2.24, 2.45) is 11.8 Å². The first-order valence-corrected chi connectivity index (χ1v) is 4.83. The number of hydrogen-bond donors (Lipinski definition) is 0. The van der Waals surface area contributed by atoms with Crippen LogP contribution in [-0.4, -0.2) is 5.78 Å². The Bertz CT molecular complexity index is 201. The topological polar surface area (TPSA) is 17.1 Å². The van der Waals surface area contributed by atoms with Gasteiger partial charge in [-0.15, -0.1) is 0 Å². The molecule has 0 radical (unpaired) electrons. The fraction of sp³-hybridized carbons (Fsp3) is 0.727. The summed E-state index contributed by atoms with van der Waals surface area (Å²) in [4.78, 5) is 11.4. The van der Waals surface area contributed by atoms with Crippen LogP contribution in [0.5, 0.6) is 0 Å². The maximum absolute atomic E-state index is 11.4. The summed E-state index contributed by atoms with van der Waals surface area (Å²) in [5.74, 6) is 1.59. The lowest BCUT2D eigenvalue weighted by Crippen LogP contribution is -2.15. The zero-order valence-corrected chi connectivity index (χ0v) is 8.26. The van der Waals surface area contributed by atoms with Crippen molar-refractivity contribution < 1.29 is 4.79 Å². The first-order valence-electron chi connectivity index (χ1n) is 4.83. The molecule has 0 N–H and O–H groups in total. The highest BCUT2D eigenvalue weighted by molar-refractivity contribution is 5.96. The minimum absolute atomic E-state index is 0.377. The quantitative estimate of drug-likeness (QED) is 0.547. The second-order valence-corrected chi connectivity index (χ2v) is 4.21. The third-order valence-corrected chi connectivity index (χ3v) is 2.33. The Morgan fingerprint density at radius 2 is 2.17 bits per heavy atom. The van der Waals surface area contributed by atoms with E-state index in [-0.39, 0.29) is 0 Å². The van der Waals surface area contributed by atoms with E-state index in [9.17, 15) is 4.79 Å². The lowest BCUT2D eigenvalue weighted by Gasteiger charge is -2.19. The zero-order valence-electron chi connectivity index (χ0n) is 8.26. The molecule has 1 fully saturated rings. The number of rotatable bonds is 1. The van der Waals surface area contributed by atoms with E-state index in [1.165, 1.54) is 0 Å². The van der Waals surface area contributed by atoms with E-state index >= 15 is 0 Å². The first kappa shape index (κ1) is 9.50. The second kappa shape index (κ2) is 3.88. The van der Waals surface area contributed by atoms with Crippen LogP contribution in [0.4, 0.5) is 0 Å². The van der Waals surface area contributed by atoms with Crippen LogP contribution in [0.15, 0.2) is 11.6 Å².